The van der Waals surface area contributed by atoms with Gasteiger partial charge in [0.2, 0.25) is 10.0 Å². The van der Waals surface area contributed by atoms with Gasteiger partial charge in [-0.15, -0.1) is 11.6 Å². The molecule has 1 N–H and O–H groups in total. The van der Waals surface area contributed by atoms with Crippen LogP contribution in [0.25, 0.3) is 0 Å². The number of sulfonamides is 1. The van der Waals surface area contributed by atoms with E-state index in [2.05, 4.69) is 11.6 Å². The lowest BCUT2D eigenvalue weighted by Gasteiger charge is -2.06. The van der Waals surface area contributed by atoms with E-state index in [0.717, 1.165) is 32.3 Å². The van der Waals surface area contributed by atoms with Crippen molar-refractivity contribution in [3.05, 3.63) is 0 Å². The molecule has 0 unspecified atom stereocenters. The number of unbranched alkanes of at least 4 members (excludes halogenated alkanes) is 2. The molecule has 0 rings (SSSR count). The number of hydrogen-bond acceptors (Lipinski definition) is 3. The van der Waals surface area contributed by atoms with E-state index in [4.69, 9.17) is 16.3 Å². The summed E-state index contributed by atoms with van der Waals surface area (Å²) in [5.41, 5.74) is 0. The minimum atomic E-state index is -3.12. The molecule has 0 bridgehead atoms. The summed E-state index contributed by atoms with van der Waals surface area (Å²) < 4.78 is 30.8. The van der Waals surface area contributed by atoms with Gasteiger partial charge in [-0.05, 0) is 25.7 Å². The van der Waals surface area contributed by atoms with E-state index >= 15 is 0 Å². The molecule has 0 radical (unpaired) electrons. The van der Waals surface area contributed by atoms with Crippen molar-refractivity contribution in [3.8, 4) is 0 Å². The molecule has 0 aromatic carbocycles. The Morgan fingerprint density at radius 3 is 2.47 bits per heavy atom. The molecule has 6 heteroatoms. The van der Waals surface area contributed by atoms with Gasteiger partial charge in [-0.1, -0.05) is 13.3 Å². The lowest BCUT2D eigenvalue weighted by Crippen LogP contribution is -2.28. The van der Waals surface area contributed by atoms with Gasteiger partial charge in [-0.25, -0.2) is 13.1 Å². The number of nitrogens with one attached hydrogen (secondary N) is 1. The molecule has 0 atom stereocenters. The fourth-order valence-electron chi connectivity index (χ4n) is 1.21. The van der Waals surface area contributed by atoms with Crippen molar-refractivity contribution < 1.29 is 13.2 Å². The average molecular weight is 286 g/mol. The van der Waals surface area contributed by atoms with Crippen LogP contribution in [0.2, 0.25) is 0 Å². The smallest absolute Gasteiger partial charge is 0.211 e. The Morgan fingerprint density at radius 2 is 1.82 bits per heavy atom. The number of alkyl halides is 1. The lowest BCUT2D eigenvalue weighted by atomic mass is 10.4. The van der Waals surface area contributed by atoms with E-state index in [-0.39, 0.29) is 5.75 Å². The lowest BCUT2D eigenvalue weighted by molar-refractivity contribution is 0.130. The molecular weight excluding hydrogens is 262 g/mol. The summed E-state index contributed by atoms with van der Waals surface area (Å²) in [4.78, 5) is 0. The first kappa shape index (κ1) is 17.2. The molecule has 0 aliphatic rings. The minimum Gasteiger partial charge on any atom is -0.381 e. The van der Waals surface area contributed by atoms with Crippen LogP contribution in [-0.2, 0) is 14.8 Å². The predicted molar refractivity (Wildman–Crippen MR) is 72.1 cm³/mol. The molecule has 0 aromatic rings. The zero-order valence-electron chi connectivity index (χ0n) is 10.6. The Labute approximate surface area is 110 Å². The highest BCUT2D eigenvalue weighted by atomic mass is 35.5. The first-order valence-electron chi connectivity index (χ1n) is 6.23. The number of rotatable bonds is 12. The van der Waals surface area contributed by atoms with Crippen LogP contribution >= 0.6 is 11.6 Å². The van der Waals surface area contributed by atoms with Gasteiger partial charge in [0.05, 0.1) is 5.75 Å². The molecule has 0 aliphatic carbocycles. The standard InChI is InChI=1S/C11H24ClNO3S/c1-2-3-9-16-10-6-8-13-17(14,15)11-5-4-7-12/h13H,2-11H2,1H3. The largest absolute Gasteiger partial charge is 0.381 e. The second-order valence-corrected chi connectivity index (χ2v) is 6.23. The van der Waals surface area contributed by atoms with Crippen LogP contribution in [0.4, 0.5) is 0 Å². The number of halogens is 1. The van der Waals surface area contributed by atoms with Gasteiger partial charge in [-0.2, -0.15) is 0 Å². The van der Waals surface area contributed by atoms with Crippen LogP contribution in [0.1, 0.15) is 39.0 Å². The van der Waals surface area contributed by atoms with Crippen LogP contribution in [-0.4, -0.2) is 39.8 Å². The molecule has 0 aromatic heterocycles. The molecule has 0 fully saturated rings. The quantitative estimate of drug-likeness (QED) is 0.441. The third-order valence-electron chi connectivity index (χ3n) is 2.23. The molecule has 0 spiro atoms. The molecule has 17 heavy (non-hydrogen) atoms. The Kier molecular flexibility index (Phi) is 11.4. The molecule has 0 amide bonds. The zero-order chi connectivity index (χ0) is 13.0. The van der Waals surface area contributed by atoms with Gasteiger partial charge in [-0.3, -0.25) is 0 Å². The maximum atomic E-state index is 11.4. The van der Waals surface area contributed by atoms with Crippen LogP contribution in [0.5, 0.6) is 0 Å². The van der Waals surface area contributed by atoms with Gasteiger partial charge in [0.15, 0.2) is 0 Å². The van der Waals surface area contributed by atoms with Gasteiger partial charge in [0, 0.05) is 25.6 Å². The summed E-state index contributed by atoms with van der Waals surface area (Å²) in [7, 11) is -3.12. The minimum absolute atomic E-state index is 0.163. The van der Waals surface area contributed by atoms with Crippen molar-refractivity contribution in [1.82, 2.24) is 4.72 Å². The average Bonchev–Trinajstić information content (AvgIpc) is 2.28. The fourth-order valence-corrected chi connectivity index (χ4v) is 2.58. The van der Waals surface area contributed by atoms with Crippen molar-refractivity contribution in [2.24, 2.45) is 0 Å². The van der Waals surface area contributed by atoms with Gasteiger partial charge < -0.3 is 4.74 Å². The van der Waals surface area contributed by atoms with E-state index < -0.39 is 10.0 Å². The molecule has 4 nitrogen and oxygen atoms in total. The van der Waals surface area contributed by atoms with Crippen molar-refractivity contribution >= 4 is 21.6 Å². The predicted octanol–water partition coefficient (Wildman–Crippen LogP) is 2.13. The second-order valence-electron chi connectivity index (χ2n) is 3.93. The maximum Gasteiger partial charge on any atom is 0.211 e. The summed E-state index contributed by atoms with van der Waals surface area (Å²) >= 11 is 5.49. The highest BCUT2D eigenvalue weighted by Crippen LogP contribution is 1.96. The SMILES string of the molecule is CCCCOCCCNS(=O)(=O)CCCCCl. The molecule has 0 aliphatic heterocycles. The Morgan fingerprint density at radius 1 is 1.12 bits per heavy atom. The van der Waals surface area contributed by atoms with Crippen molar-refractivity contribution in [2.75, 3.05) is 31.4 Å². The maximum absolute atomic E-state index is 11.4. The summed E-state index contributed by atoms with van der Waals surface area (Å²) in [6.45, 7) is 3.94. The van der Waals surface area contributed by atoms with Gasteiger partial charge in [0.25, 0.3) is 0 Å². The van der Waals surface area contributed by atoms with Crippen LogP contribution in [0, 0.1) is 0 Å². The van der Waals surface area contributed by atoms with Crippen molar-refractivity contribution in [3.63, 3.8) is 0 Å². The first-order chi connectivity index (χ1) is 8.12. The normalized spacial score (nSPS) is 11.9. The highest BCUT2D eigenvalue weighted by Gasteiger charge is 2.08. The Bertz CT molecular complexity index is 257. The summed E-state index contributed by atoms with van der Waals surface area (Å²) in [6.07, 6.45) is 4.25. The van der Waals surface area contributed by atoms with E-state index in [9.17, 15) is 8.42 Å². The highest BCUT2D eigenvalue weighted by molar-refractivity contribution is 7.89. The van der Waals surface area contributed by atoms with E-state index in [1.165, 1.54) is 0 Å². The zero-order valence-corrected chi connectivity index (χ0v) is 12.2. The number of ether oxygens (including phenoxy) is 1. The Balaban J connectivity index is 3.39. The fraction of sp³-hybridized carbons (Fsp3) is 1.00. The summed E-state index contributed by atoms with van der Waals surface area (Å²) in [5.74, 6) is 0.678. The monoisotopic (exact) mass is 285 g/mol. The van der Waals surface area contributed by atoms with Gasteiger partial charge in [0.1, 0.15) is 0 Å². The van der Waals surface area contributed by atoms with Crippen LogP contribution in [0.15, 0.2) is 0 Å². The van der Waals surface area contributed by atoms with Crippen LogP contribution < -0.4 is 4.72 Å². The van der Waals surface area contributed by atoms with Crippen LogP contribution in [0.3, 0.4) is 0 Å². The molecule has 0 heterocycles. The molecule has 104 valence electrons. The third kappa shape index (κ3) is 12.4. The first-order valence-corrected chi connectivity index (χ1v) is 8.42. The van der Waals surface area contributed by atoms with E-state index in [0.29, 0.717) is 25.5 Å². The molecule has 0 saturated heterocycles. The van der Waals surface area contributed by atoms with Crippen molar-refractivity contribution in [1.29, 1.82) is 0 Å². The van der Waals surface area contributed by atoms with Crippen molar-refractivity contribution in [2.45, 2.75) is 39.0 Å². The van der Waals surface area contributed by atoms with E-state index in [1.807, 2.05) is 0 Å². The molecule has 0 saturated carbocycles. The summed E-state index contributed by atoms with van der Waals surface area (Å²) in [5, 5.41) is 0. The number of hydrogen-bond donors (Lipinski definition) is 1. The second kappa shape index (κ2) is 11.3. The third-order valence-corrected chi connectivity index (χ3v) is 3.96. The van der Waals surface area contributed by atoms with Gasteiger partial charge >= 0.3 is 0 Å². The van der Waals surface area contributed by atoms with E-state index in [1.54, 1.807) is 0 Å². The summed E-state index contributed by atoms with van der Waals surface area (Å²) in [6, 6.07) is 0. The molecular formula is C11H24ClNO3S. The Hall–Kier alpha value is 0.160. The topological polar surface area (TPSA) is 55.4 Å².